The molecule has 18 heavy (non-hydrogen) atoms. The zero-order chi connectivity index (χ0) is 13.1. The van der Waals surface area contributed by atoms with E-state index < -0.39 is 0 Å². The number of nitrogens with one attached hydrogen (secondary N) is 2. The van der Waals surface area contributed by atoms with Gasteiger partial charge in [0.25, 0.3) is 11.1 Å². The van der Waals surface area contributed by atoms with Crippen molar-refractivity contribution in [2.45, 2.75) is 24.2 Å². The Balaban J connectivity index is 2.11. The first kappa shape index (κ1) is 12.8. The first-order valence-corrected chi connectivity index (χ1v) is 6.93. The Morgan fingerprint density at radius 3 is 1.50 bits per heavy atom. The van der Waals surface area contributed by atoms with Crippen LogP contribution >= 0.6 is 21.6 Å². The summed E-state index contributed by atoms with van der Waals surface area (Å²) in [5, 5.41) is 15.6. The lowest BCUT2D eigenvalue weighted by Gasteiger charge is -1.98. The molecule has 0 radical (unpaired) electrons. The lowest BCUT2D eigenvalue weighted by molar-refractivity contribution is 0.788. The van der Waals surface area contributed by atoms with Crippen LogP contribution in [0.25, 0.3) is 0 Å². The average molecular weight is 284 g/mol. The number of rotatable bonds is 3. The molecule has 2 aromatic heterocycles. The highest BCUT2D eigenvalue weighted by Crippen LogP contribution is 2.31. The molecule has 0 fully saturated rings. The van der Waals surface area contributed by atoms with Crippen LogP contribution in [0.3, 0.4) is 0 Å². The first-order chi connectivity index (χ1) is 8.56. The summed E-state index contributed by atoms with van der Waals surface area (Å²) in [6.07, 6.45) is 0. The zero-order valence-electron chi connectivity index (χ0n) is 9.42. The zero-order valence-corrected chi connectivity index (χ0v) is 11.1. The maximum atomic E-state index is 11.3. The molecular weight excluding hydrogens is 276 g/mol. The van der Waals surface area contributed by atoms with Crippen LogP contribution < -0.4 is 11.1 Å². The molecule has 0 saturated heterocycles. The van der Waals surface area contributed by atoms with E-state index >= 15 is 0 Å². The number of aromatic nitrogens is 6. The monoisotopic (exact) mass is 284 g/mol. The van der Waals surface area contributed by atoms with Crippen molar-refractivity contribution in [2.75, 3.05) is 0 Å². The lowest BCUT2D eigenvalue weighted by atomic mass is 10.5. The van der Waals surface area contributed by atoms with Crippen molar-refractivity contribution < 1.29 is 0 Å². The lowest BCUT2D eigenvalue weighted by Crippen LogP contribution is -2.14. The molecule has 0 bridgehead atoms. The third-order valence-corrected chi connectivity index (χ3v) is 3.84. The first-order valence-electron chi connectivity index (χ1n) is 4.78. The van der Waals surface area contributed by atoms with Crippen LogP contribution in [-0.4, -0.2) is 30.4 Å². The molecule has 0 atom stereocenters. The molecule has 0 aliphatic rings. The van der Waals surface area contributed by atoms with Gasteiger partial charge in [0.05, 0.1) is 0 Å². The van der Waals surface area contributed by atoms with Gasteiger partial charge in [0.1, 0.15) is 11.4 Å². The van der Waals surface area contributed by atoms with Crippen LogP contribution in [0, 0.1) is 13.8 Å². The van der Waals surface area contributed by atoms with E-state index in [0.29, 0.717) is 21.7 Å². The van der Waals surface area contributed by atoms with E-state index in [1.807, 2.05) is 0 Å². The Morgan fingerprint density at radius 1 is 0.778 bits per heavy atom. The molecule has 0 aromatic carbocycles. The SMILES string of the molecule is Cc1nnc(SSc2nnc(C)c(=O)[nH]2)[nH]c1=O. The van der Waals surface area contributed by atoms with Gasteiger partial charge in [-0.05, 0) is 35.4 Å². The number of H-pyrrole nitrogens is 2. The summed E-state index contributed by atoms with van der Waals surface area (Å²) < 4.78 is 0. The van der Waals surface area contributed by atoms with E-state index in [9.17, 15) is 9.59 Å². The second-order valence-corrected chi connectivity index (χ2v) is 5.36. The summed E-state index contributed by atoms with van der Waals surface area (Å²) in [6, 6.07) is 0. The van der Waals surface area contributed by atoms with E-state index in [-0.39, 0.29) is 11.1 Å². The van der Waals surface area contributed by atoms with Gasteiger partial charge in [-0.3, -0.25) is 19.6 Å². The highest BCUT2D eigenvalue weighted by atomic mass is 33.1. The molecule has 8 nitrogen and oxygen atoms in total. The van der Waals surface area contributed by atoms with Crippen LogP contribution in [0.2, 0.25) is 0 Å². The van der Waals surface area contributed by atoms with E-state index in [0.717, 1.165) is 21.6 Å². The van der Waals surface area contributed by atoms with E-state index in [2.05, 4.69) is 30.4 Å². The predicted octanol–water partition coefficient (Wildman–Crippen LogP) is 0.0594. The average Bonchev–Trinajstić information content (AvgIpc) is 2.35. The quantitative estimate of drug-likeness (QED) is 0.760. The summed E-state index contributed by atoms with van der Waals surface area (Å²) in [5.41, 5.74) is 0.00827. The van der Waals surface area contributed by atoms with Gasteiger partial charge in [-0.15, -0.1) is 20.4 Å². The molecule has 0 aliphatic carbocycles. The van der Waals surface area contributed by atoms with E-state index in [1.54, 1.807) is 13.8 Å². The summed E-state index contributed by atoms with van der Waals surface area (Å²) in [6.45, 7) is 3.13. The van der Waals surface area contributed by atoms with Crippen LogP contribution in [0.1, 0.15) is 11.4 Å². The highest BCUT2D eigenvalue weighted by Gasteiger charge is 2.05. The minimum absolute atomic E-state index is 0.295. The molecule has 0 amide bonds. The van der Waals surface area contributed by atoms with Crippen molar-refractivity contribution in [1.82, 2.24) is 30.4 Å². The molecule has 0 aliphatic heterocycles. The van der Waals surface area contributed by atoms with Gasteiger partial charge in [0.15, 0.2) is 0 Å². The smallest absolute Gasteiger partial charge is 0.273 e. The minimum Gasteiger partial charge on any atom is -0.298 e. The Morgan fingerprint density at radius 2 is 1.17 bits per heavy atom. The fourth-order valence-electron chi connectivity index (χ4n) is 0.911. The van der Waals surface area contributed by atoms with Gasteiger partial charge < -0.3 is 0 Å². The summed E-state index contributed by atoms with van der Waals surface area (Å²) in [5.74, 6) is 0. The molecule has 94 valence electrons. The molecule has 0 unspecified atom stereocenters. The molecule has 0 saturated carbocycles. The third-order valence-electron chi connectivity index (χ3n) is 1.88. The van der Waals surface area contributed by atoms with Gasteiger partial charge in [0, 0.05) is 0 Å². The molecule has 2 aromatic rings. The fraction of sp³-hybridized carbons (Fsp3) is 0.250. The largest absolute Gasteiger partial charge is 0.298 e. The molecule has 2 rings (SSSR count). The van der Waals surface area contributed by atoms with Crippen molar-refractivity contribution in [3.63, 3.8) is 0 Å². The topological polar surface area (TPSA) is 117 Å². The van der Waals surface area contributed by atoms with Gasteiger partial charge in [-0.1, -0.05) is 0 Å². The molecular formula is C8H8N6O2S2. The Labute approximate surface area is 108 Å². The number of aromatic amines is 2. The van der Waals surface area contributed by atoms with Crippen LogP contribution in [0.15, 0.2) is 19.9 Å². The van der Waals surface area contributed by atoms with Crippen LogP contribution in [0.5, 0.6) is 0 Å². The maximum Gasteiger partial charge on any atom is 0.273 e. The van der Waals surface area contributed by atoms with E-state index in [1.165, 1.54) is 0 Å². The fourth-order valence-corrected chi connectivity index (χ4v) is 2.41. The van der Waals surface area contributed by atoms with Gasteiger partial charge in [0.2, 0.25) is 10.3 Å². The molecule has 0 spiro atoms. The molecule has 2 heterocycles. The van der Waals surface area contributed by atoms with Gasteiger partial charge in [-0.25, -0.2) is 0 Å². The van der Waals surface area contributed by atoms with Crippen molar-refractivity contribution >= 4 is 21.6 Å². The summed E-state index contributed by atoms with van der Waals surface area (Å²) >= 11 is 0. The second kappa shape index (κ2) is 5.31. The Hall–Kier alpha value is -1.68. The third kappa shape index (κ3) is 2.96. The highest BCUT2D eigenvalue weighted by molar-refractivity contribution is 8.76. The van der Waals surface area contributed by atoms with E-state index in [4.69, 9.17) is 0 Å². The molecule has 10 heteroatoms. The van der Waals surface area contributed by atoms with Gasteiger partial charge in [-0.2, -0.15) is 0 Å². The van der Waals surface area contributed by atoms with Crippen molar-refractivity contribution in [1.29, 1.82) is 0 Å². The number of nitrogens with zero attached hydrogens (tertiary/aromatic N) is 4. The van der Waals surface area contributed by atoms with Crippen molar-refractivity contribution in [3.8, 4) is 0 Å². The second-order valence-electron chi connectivity index (χ2n) is 3.26. The predicted molar refractivity (Wildman–Crippen MR) is 66.5 cm³/mol. The summed E-state index contributed by atoms with van der Waals surface area (Å²) in [4.78, 5) is 27.7. The number of aryl methyl sites for hydroxylation is 2. The maximum absolute atomic E-state index is 11.3. The van der Waals surface area contributed by atoms with Crippen molar-refractivity contribution in [3.05, 3.63) is 32.1 Å². The minimum atomic E-state index is -0.295. The van der Waals surface area contributed by atoms with Crippen molar-refractivity contribution in [2.24, 2.45) is 0 Å². The number of hydrogen-bond donors (Lipinski definition) is 2. The summed E-state index contributed by atoms with van der Waals surface area (Å²) in [7, 11) is 2.25. The Bertz CT molecular complexity index is 622. The number of hydrogen-bond acceptors (Lipinski definition) is 8. The molecule has 2 N–H and O–H groups in total. The van der Waals surface area contributed by atoms with Gasteiger partial charge >= 0.3 is 0 Å². The Kier molecular flexibility index (Phi) is 3.77. The van der Waals surface area contributed by atoms with Crippen LogP contribution in [0.4, 0.5) is 0 Å². The standard InChI is InChI=1S/C8H8N6O2S2/c1-3-5(15)9-7(13-11-3)17-18-8-10-6(16)4(2)12-14-8/h1-2H3,(H,9,13,15)(H,10,14,16). The normalized spacial score (nSPS) is 10.6. The van der Waals surface area contributed by atoms with Crippen LogP contribution in [-0.2, 0) is 0 Å².